The number of ether oxygens (including phenoxy) is 1. The van der Waals surface area contributed by atoms with Gasteiger partial charge in [-0.25, -0.2) is 17.8 Å². The van der Waals surface area contributed by atoms with Crippen LogP contribution in [0.3, 0.4) is 0 Å². The SMILES string of the molecule is COC(=O)CNC(=O)c1ccc(NS(=O)(=O)c2ccc(F)cc2)cn1. The Bertz CT molecular complexity index is 867. The standard InChI is InChI=1S/C15H14FN3O5S/c1-24-14(20)9-18-15(21)13-7-4-11(8-17-13)19-25(22,23)12-5-2-10(16)3-6-12/h2-8,19H,9H2,1H3,(H,18,21). The monoisotopic (exact) mass is 367 g/mol. The number of hydrogen-bond donors (Lipinski definition) is 2. The molecule has 1 heterocycles. The van der Waals surface area contributed by atoms with Crippen LogP contribution < -0.4 is 10.0 Å². The number of amides is 1. The molecule has 2 N–H and O–H groups in total. The van der Waals surface area contributed by atoms with Gasteiger partial charge in [-0.05, 0) is 36.4 Å². The van der Waals surface area contributed by atoms with Crippen molar-refractivity contribution in [1.82, 2.24) is 10.3 Å². The molecule has 25 heavy (non-hydrogen) atoms. The average molecular weight is 367 g/mol. The summed E-state index contributed by atoms with van der Waals surface area (Å²) in [5, 5.41) is 2.30. The summed E-state index contributed by atoms with van der Waals surface area (Å²) in [5.41, 5.74) is 0.113. The summed E-state index contributed by atoms with van der Waals surface area (Å²) < 4.78 is 43.8. The Balaban J connectivity index is 2.05. The second-order valence-electron chi connectivity index (χ2n) is 4.75. The molecule has 0 aliphatic carbocycles. The third-order valence-corrected chi connectivity index (χ3v) is 4.39. The number of halogens is 1. The van der Waals surface area contributed by atoms with Crippen molar-refractivity contribution >= 4 is 27.6 Å². The number of methoxy groups -OCH3 is 1. The summed E-state index contributed by atoms with van der Waals surface area (Å²) in [6.45, 7) is -0.310. The largest absolute Gasteiger partial charge is 0.468 e. The van der Waals surface area contributed by atoms with E-state index >= 15 is 0 Å². The summed E-state index contributed by atoms with van der Waals surface area (Å²) in [6.07, 6.45) is 1.15. The van der Waals surface area contributed by atoms with Crippen LogP contribution in [0.2, 0.25) is 0 Å². The number of aromatic nitrogens is 1. The highest BCUT2D eigenvalue weighted by Gasteiger charge is 2.15. The van der Waals surface area contributed by atoms with Crippen molar-refractivity contribution in [3.63, 3.8) is 0 Å². The fourth-order valence-electron chi connectivity index (χ4n) is 1.73. The summed E-state index contributed by atoms with van der Waals surface area (Å²) >= 11 is 0. The van der Waals surface area contributed by atoms with Gasteiger partial charge in [-0.3, -0.25) is 14.3 Å². The number of esters is 1. The topological polar surface area (TPSA) is 114 Å². The summed E-state index contributed by atoms with van der Waals surface area (Å²) in [6, 6.07) is 6.93. The molecule has 1 aromatic heterocycles. The minimum absolute atomic E-state index is 0.00590. The number of benzene rings is 1. The molecule has 0 aliphatic heterocycles. The van der Waals surface area contributed by atoms with Gasteiger partial charge in [0.25, 0.3) is 15.9 Å². The predicted octanol–water partition coefficient (Wildman–Crippen LogP) is 0.924. The van der Waals surface area contributed by atoms with Crippen LogP contribution in [0, 0.1) is 5.82 Å². The fourth-order valence-corrected chi connectivity index (χ4v) is 2.77. The highest BCUT2D eigenvalue weighted by Crippen LogP contribution is 2.16. The Morgan fingerprint density at radius 2 is 1.84 bits per heavy atom. The van der Waals surface area contributed by atoms with E-state index in [1.54, 1.807) is 0 Å². The summed E-state index contributed by atoms with van der Waals surface area (Å²) in [7, 11) is -2.72. The van der Waals surface area contributed by atoms with Gasteiger partial charge in [0.1, 0.15) is 18.1 Å². The second kappa shape index (κ2) is 7.71. The number of carbonyl (C=O) groups excluding carboxylic acids is 2. The fraction of sp³-hybridized carbons (Fsp3) is 0.133. The molecule has 0 bridgehead atoms. The number of anilines is 1. The Morgan fingerprint density at radius 3 is 2.40 bits per heavy atom. The van der Waals surface area contributed by atoms with Crippen molar-refractivity contribution in [1.29, 1.82) is 0 Å². The number of hydrogen-bond acceptors (Lipinski definition) is 6. The molecular weight excluding hydrogens is 353 g/mol. The van der Waals surface area contributed by atoms with Crippen LogP contribution in [0.4, 0.5) is 10.1 Å². The number of nitrogens with zero attached hydrogens (tertiary/aromatic N) is 1. The summed E-state index contributed by atoms with van der Waals surface area (Å²) in [4.78, 5) is 26.4. The average Bonchev–Trinajstić information content (AvgIpc) is 2.60. The van der Waals surface area contributed by atoms with Crippen molar-refractivity contribution in [2.45, 2.75) is 4.90 Å². The van der Waals surface area contributed by atoms with Crippen LogP contribution >= 0.6 is 0 Å². The van der Waals surface area contributed by atoms with Crippen molar-refractivity contribution in [2.75, 3.05) is 18.4 Å². The van der Waals surface area contributed by atoms with Crippen LogP contribution in [0.5, 0.6) is 0 Å². The third-order valence-electron chi connectivity index (χ3n) is 2.99. The molecule has 132 valence electrons. The second-order valence-corrected chi connectivity index (χ2v) is 6.43. The van der Waals surface area contributed by atoms with Gasteiger partial charge in [0.05, 0.1) is 23.9 Å². The van der Waals surface area contributed by atoms with Gasteiger partial charge >= 0.3 is 5.97 Å². The van der Waals surface area contributed by atoms with E-state index in [-0.39, 0.29) is 22.8 Å². The zero-order valence-electron chi connectivity index (χ0n) is 13.0. The third kappa shape index (κ3) is 4.98. The molecule has 1 aromatic carbocycles. The van der Waals surface area contributed by atoms with Gasteiger partial charge < -0.3 is 10.1 Å². The van der Waals surface area contributed by atoms with Gasteiger partial charge in [-0.1, -0.05) is 0 Å². The predicted molar refractivity (Wildman–Crippen MR) is 85.8 cm³/mol. The van der Waals surface area contributed by atoms with Crippen LogP contribution in [0.15, 0.2) is 47.5 Å². The van der Waals surface area contributed by atoms with E-state index in [4.69, 9.17) is 0 Å². The molecule has 0 spiro atoms. The lowest BCUT2D eigenvalue weighted by atomic mass is 10.3. The van der Waals surface area contributed by atoms with E-state index in [1.807, 2.05) is 0 Å². The van der Waals surface area contributed by atoms with Crippen LogP contribution in [-0.4, -0.2) is 38.9 Å². The first-order valence-electron chi connectivity index (χ1n) is 6.91. The van der Waals surface area contributed by atoms with E-state index in [1.165, 1.54) is 19.2 Å². The zero-order chi connectivity index (χ0) is 18.4. The van der Waals surface area contributed by atoms with Crippen molar-refractivity contribution in [3.05, 3.63) is 54.1 Å². The normalized spacial score (nSPS) is 10.8. The van der Waals surface area contributed by atoms with Gasteiger partial charge in [0.15, 0.2) is 0 Å². The van der Waals surface area contributed by atoms with Crippen molar-refractivity contribution < 1.29 is 27.1 Å². The molecule has 10 heteroatoms. The molecule has 0 atom stereocenters. The number of sulfonamides is 1. The quantitative estimate of drug-likeness (QED) is 0.734. The lowest BCUT2D eigenvalue weighted by Gasteiger charge is -2.08. The Labute approximate surface area is 143 Å². The number of carbonyl (C=O) groups is 2. The molecule has 0 saturated carbocycles. The van der Waals surface area contributed by atoms with Gasteiger partial charge in [0, 0.05) is 0 Å². The lowest BCUT2D eigenvalue weighted by molar-refractivity contribution is -0.139. The van der Waals surface area contributed by atoms with E-state index in [2.05, 4.69) is 19.8 Å². The number of rotatable bonds is 6. The van der Waals surface area contributed by atoms with Crippen molar-refractivity contribution in [2.24, 2.45) is 0 Å². The molecule has 2 aromatic rings. The molecule has 0 saturated heterocycles. The van der Waals surface area contributed by atoms with E-state index in [0.29, 0.717) is 0 Å². The minimum Gasteiger partial charge on any atom is -0.468 e. The molecule has 2 rings (SSSR count). The maximum Gasteiger partial charge on any atom is 0.325 e. The van der Waals surface area contributed by atoms with E-state index in [0.717, 1.165) is 30.5 Å². The molecule has 0 unspecified atom stereocenters. The maximum absolute atomic E-state index is 12.9. The van der Waals surface area contributed by atoms with E-state index in [9.17, 15) is 22.4 Å². The minimum atomic E-state index is -3.91. The van der Waals surface area contributed by atoms with Crippen LogP contribution in [-0.2, 0) is 19.6 Å². The van der Waals surface area contributed by atoms with Gasteiger partial charge in [-0.15, -0.1) is 0 Å². The van der Waals surface area contributed by atoms with Crippen LogP contribution in [0.25, 0.3) is 0 Å². The maximum atomic E-state index is 12.9. The van der Waals surface area contributed by atoms with Gasteiger partial charge in [0.2, 0.25) is 0 Å². The lowest BCUT2D eigenvalue weighted by Crippen LogP contribution is -2.30. The number of pyridine rings is 1. The number of nitrogens with one attached hydrogen (secondary N) is 2. The first-order chi connectivity index (χ1) is 11.8. The molecule has 1 amide bonds. The Kier molecular flexibility index (Phi) is 5.65. The molecule has 0 radical (unpaired) electrons. The van der Waals surface area contributed by atoms with Crippen molar-refractivity contribution in [3.8, 4) is 0 Å². The highest BCUT2D eigenvalue weighted by atomic mass is 32.2. The molecule has 0 fully saturated rings. The first-order valence-corrected chi connectivity index (χ1v) is 8.39. The Hall–Kier alpha value is -3.01. The molecule has 0 aliphatic rings. The Morgan fingerprint density at radius 1 is 1.16 bits per heavy atom. The van der Waals surface area contributed by atoms with Gasteiger partial charge in [-0.2, -0.15) is 0 Å². The van der Waals surface area contributed by atoms with E-state index < -0.39 is 27.7 Å². The highest BCUT2D eigenvalue weighted by molar-refractivity contribution is 7.92. The first kappa shape index (κ1) is 18.3. The van der Waals surface area contributed by atoms with Crippen LogP contribution in [0.1, 0.15) is 10.5 Å². The smallest absolute Gasteiger partial charge is 0.325 e. The summed E-state index contributed by atoms with van der Waals surface area (Å²) in [5.74, 6) is -1.78. The molecule has 8 nitrogen and oxygen atoms in total. The zero-order valence-corrected chi connectivity index (χ0v) is 13.8. The molecular formula is C15H14FN3O5S.